The van der Waals surface area contributed by atoms with E-state index in [1.165, 1.54) is 5.71 Å². The van der Waals surface area contributed by atoms with Crippen molar-refractivity contribution in [3.05, 3.63) is 18.2 Å². The summed E-state index contributed by atoms with van der Waals surface area (Å²) in [7, 11) is 0. The van der Waals surface area contributed by atoms with Crippen LogP contribution >= 0.6 is 0 Å². The van der Waals surface area contributed by atoms with Crippen molar-refractivity contribution in [2.75, 3.05) is 13.1 Å². The van der Waals surface area contributed by atoms with Crippen LogP contribution in [0.1, 0.15) is 64.5 Å². The van der Waals surface area contributed by atoms with Crippen molar-refractivity contribution in [3.63, 3.8) is 0 Å². The van der Waals surface area contributed by atoms with E-state index >= 15 is 0 Å². The second-order valence-corrected chi connectivity index (χ2v) is 9.76. The minimum absolute atomic E-state index is 0.0593. The van der Waals surface area contributed by atoms with E-state index in [2.05, 4.69) is 51.7 Å². The molecule has 1 amide bonds. The molecule has 3 unspecified atom stereocenters. The fourth-order valence-corrected chi connectivity index (χ4v) is 4.85. The highest BCUT2D eigenvalue weighted by molar-refractivity contribution is 5.95. The van der Waals surface area contributed by atoms with Crippen molar-refractivity contribution in [1.82, 2.24) is 14.5 Å². The SMILES string of the molecule is CC(C)CC1C(C2C3CN(C(=O)c4cn(C(C)C)cn4)CC32)=NOC1(C)C. The summed E-state index contributed by atoms with van der Waals surface area (Å²) in [6.45, 7) is 14.6. The Bertz CT molecular complexity index is 752. The first-order valence-corrected chi connectivity index (χ1v) is 10.3. The summed E-state index contributed by atoms with van der Waals surface area (Å²) in [6.07, 6.45) is 4.72. The molecule has 6 nitrogen and oxygen atoms in total. The Hall–Kier alpha value is -1.85. The third-order valence-corrected chi connectivity index (χ3v) is 6.53. The molecule has 0 aromatic carbocycles. The smallest absolute Gasteiger partial charge is 0.274 e. The Labute approximate surface area is 162 Å². The van der Waals surface area contributed by atoms with Crippen LogP contribution in [0.3, 0.4) is 0 Å². The van der Waals surface area contributed by atoms with Crippen LogP contribution in [0.5, 0.6) is 0 Å². The molecule has 0 spiro atoms. The average Bonchev–Trinajstić information content (AvgIpc) is 3.02. The van der Waals surface area contributed by atoms with Crippen molar-refractivity contribution < 1.29 is 9.63 Å². The lowest BCUT2D eigenvalue weighted by molar-refractivity contribution is -0.0184. The molecule has 4 rings (SSSR count). The van der Waals surface area contributed by atoms with Gasteiger partial charge >= 0.3 is 0 Å². The molecule has 1 aromatic rings. The third-order valence-electron chi connectivity index (χ3n) is 6.53. The number of carbonyl (C=O) groups excluding carboxylic acids is 1. The molecule has 0 N–H and O–H groups in total. The zero-order valence-electron chi connectivity index (χ0n) is 17.3. The van der Waals surface area contributed by atoms with Gasteiger partial charge in [0.15, 0.2) is 0 Å². The molecule has 0 bridgehead atoms. The second kappa shape index (κ2) is 6.35. The molecule has 3 atom stereocenters. The van der Waals surface area contributed by atoms with Gasteiger partial charge in [0.1, 0.15) is 11.3 Å². The molecule has 6 heteroatoms. The van der Waals surface area contributed by atoms with Gasteiger partial charge < -0.3 is 14.3 Å². The van der Waals surface area contributed by atoms with Gasteiger partial charge in [0, 0.05) is 37.2 Å². The van der Waals surface area contributed by atoms with Gasteiger partial charge in [0.05, 0.1) is 12.0 Å². The lowest BCUT2D eigenvalue weighted by Gasteiger charge is -2.27. The van der Waals surface area contributed by atoms with Gasteiger partial charge in [-0.05, 0) is 51.9 Å². The molecule has 1 saturated carbocycles. The number of carbonyl (C=O) groups is 1. The van der Waals surface area contributed by atoms with E-state index in [9.17, 15) is 4.79 Å². The van der Waals surface area contributed by atoms with Crippen molar-refractivity contribution in [2.24, 2.45) is 34.7 Å². The summed E-state index contributed by atoms with van der Waals surface area (Å²) in [5.41, 5.74) is 1.59. The van der Waals surface area contributed by atoms with Gasteiger partial charge in [0.2, 0.25) is 0 Å². The highest BCUT2D eigenvalue weighted by Crippen LogP contribution is 2.56. The molecule has 3 heterocycles. The van der Waals surface area contributed by atoms with E-state index in [1.807, 2.05) is 15.7 Å². The third kappa shape index (κ3) is 3.17. The van der Waals surface area contributed by atoms with Gasteiger partial charge in [-0.15, -0.1) is 0 Å². The van der Waals surface area contributed by atoms with Gasteiger partial charge in [-0.25, -0.2) is 4.98 Å². The second-order valence-electron chi connectivity index (χ2n) is 9.76. The van der Waals surface area contributed by atoms with E-state index in [0.717, 1.165) is 19.5 Å². The lowest BCUT2D eigenvalue weighted by atomic mass is 9.79. The fourth-order valence-electron chi connectivity index (χ4n) is 4.85. The summed E-state index contributed by atoms with van der Waals surface area (Å²) in [5.74, 6) is 2.63. The summed E-state index contributed by atoms with van der Waals surface area (Å²) >= 11 is 0. The Morgan fingerprint density at radius 1 is 1.26 bits per heavy atom. The molecule has 2 aliphatic heterocycles. The van der Waals surface area contributed by atoms with Crippen molar-refractivity contribution in [2.45, 2.75) is 59.6 Å². The molecule has 0 radical (unpaired) electrons. The Kier molecular flexibility index (Phi) is 4.35. The maximum absolute atomic E-state index is 12.8. The molecular formula is C21H32N4O2. The maximum atomic E-state index is 12.8. The number of imidazole rings is 1. The molecule has 27 heavy (non-hydrogen) atoms. The largest absolute Gasteiger partial charge is 0.389 e. The van der Waals surface area contributed by atoms with E-state index in [1.54, 1.807) is 6.33 Å². The zero-order chi connectivity index (χ0) is 19.5. The Morgan fingerprint density at radius 2 is 1.93 bits per heavy atom. The number of rotatable bonds is 5. The van der Waals surface area contributed by atoms with Gasteiger partial charge in [0.25, 0.3) is 5.91 Å². The van der Waals surface area contributed by atoms with Crippen LogP contribution in [0.15, 0.2) is 17.7 Å². The molecule has 1 aliphatic carbocycles. The van der Waals surface area contributed by atoms with E-state index in [4.69, 9.17) is 4.84 Å². The number of hydrogen-bond acceptors (Lipinski definition) is 4. The van der Waals surface area contributed by atoms with E-state index in [-0.39, 0.29) is 11.5 Å². The Morgan fingerprint density at radius 3 is 2.48 bits per heavy atom. The highest BCUT2D eigenvalue weighted by atomic mass is 16.7. The number of amides is 1. The number of piperidine rings is 1. The van der Waals surface area contributed by atoms with Crippen LogP contribution in [0.25, 0.3) is 0 Å². The molecule has 1 aromatic heterocycles. The van der Waals surface area contributed by atoms with Crippen molar-refractivity contribution in [3.8, 4) is 0 Å². The van der Waals surface area contributed by atoms with E-state index < -0.39 is 0 Å². The summed E-state index contributed by atoms with van der Waals surface area (Å²) in [4.78, 5) is 24.9. The monoisotopic (exact) mass is 372 g/mol. The van der Waals surface area contributed by atoms with Crippen LogP contribution in [-0.4, -0.2) is 44.8 Å². The minimum Gasteiger partial charge on any atom is -0.389 e. The normalized spacial score (nSPS) is 31.3. The number of hydrogen-bond donors (Lipinski definition) is 0. The van der Waals surface area contributed by atoms with Crippen LogP contribution in [0.2, 0.25) is 0 Å². The summed E-state index contributed by atoms with van der Waals surface area (Å²) in [6, 6.07) is 0.317. The molecule has 2 fully saturated rings. The fraction of sp³-hybridized carbons (Fsp3) is 0.762. The summed E-state index contributed by atoms with van der Waals surface area (Å²) in [5, 5.41) is 4.52. The number of aromatic nitrogens is 2. The van der Waals surface area contributed by atoms with Crippen LogP contribution in [-0.2, 0) is 4.84 Å². The molecule has 148 valence electrons. The van der Waals surface area contributed by atoms with Gasteiger partial charge in [-0.1, -0.05) is 19.0 Å². The average molecular weight is 373 g/mol. The number of likely N-dealkylation sites (tertiary alicyclic amines) is 1. The lowest BCUT2D eigenvalue weighted by Crippen LogP contribution is -2.37. The predicted octanol–water partition coefficient (Wildman–Crippen LogP) is 3.61. The quantitative estimate of drug-likeness (QED) is 0.793. The first kappa shape index (κ1) is 18.5. The topological polar surface area (TPSA) is 59.7 Å². The molecule has 1 saturated heterocycles. The number of oxime groups is 1. The predicted molar refractivity (Wildman–Crippen MR) is 105 cm³/mol. The van der Waals surface area contributed by atoms with Crippen LogP contribution in [0.4, 0.5) is 0 Å². The highest BCUT2D eigenvalue weighted by Gasteiger charge is 2.62. The maximum Gasteiger partial charge on any atom is 0.274 e. The number of nitrogens with zero attached hydrogens (tertiary/aromatic N) is 4. The van der Waals surface area contributed by atoms with Gasteiger partial charge in [-0.3, -0.25) is 4.79 Å². The first-order valence-electron chi connectivity index (χ1n) is 10.3. The van der Waals surface area contributed by atoms with Gasteiger partial charge in [-0.2, -0.15) is 0 Å². The van der Waals surface area contributed by atoms with Crippen molar-refractivity contribution in [1.29, 1.82) is 0 Å². The number of fused-ring (bicyclic) bond motifs is 1. The zero-order valence-corrected chi connectivity index (χ0v) is 17.3. The molecular weight excluding hydrogens is 340 g/mol. The van der Waals surface area contributed by atoms with Crippen molar-refractivity contribution >= 4 is 11.6 Å². The standard InChI is InChI=1S/C21H32N4O2/c1-12(2)7-16-19(23-27-21(16,5)6)18-14-8-24(9-15(14)18)20(26)17-10-25(11-22-17)13(3)4/h10-16,18H,7-9H2,1-6H3. The first-order chi connectivity index (χ1) is 12.7. The minimum atomic E-state index is -0.213. The Balaban J connectivity index is 1.40. The van der Waals surface area contributed by atoms with Crippen LogP contribution < -0.4 is 0 Å². The van der Waals surface area contributed by atoms with Crippen LogP contribution in [0, 0.1) is 29.6 Å². The summed E-state index contributed by atoms with van der Waals surface area (Å²) < 4.78 is 1.98. The molecule has 3 aliphatic rings. The van der Waals surface area contributed by atoms with E-state index in [0.29, 0.717) is 41.3 Å².